The summed E-state index contributed by atoms with van der Waals surface area (Å²) >= 11 is 3.46. The second-order valence-corrected chi connectivity index (χ2v) is 4.91. The van der Waals surface area contributed by atoms with E-state index in [-0.39, 0.29) is 12.1 Å². The quantitative estimate of drug-likeness (QED) is 0.752. The molecule has 5 nitrogen and oxygen atoms in total. The third-order valence-corrected chi connectivity index (χ3v) is 3.43. The van der Waals surface area contributed by atoms with Crippen LogP contribution in [0.5, 0.6) is 0 Å². The Morgan fingerprint density at radius 3 is 2.53 bits per heavy atom. The highest BCUT2D eigenvalue weighted by atomic mass is 79.9. The second-order valence-electron chi connectivity index (χ2n) is 4.11. The van der Waals surface area contributed by atoms with Crippen LogP contribution in [0.3, 0.4) is 0 Å². The summed E-state index contributed by atoms with van der Waals surface area (Å²) in [6, 6.07) is 0. The van der Waals surface area contributed by atoms with Crippen molar-refractivity contribution in [1.29, 1.82) is 0 Å². The van der Waals surface area contributed by atoms with Crippen molar-refractivity contribution in [3.05, 3.63) is 10.8 Å². The number of halogens is 1. The molecule has 0 amide bonds. The monoisotopic (exact) mass is 302 g/mol. The Kier molecular flexibility index (Phi) is 5.14. The molecule has 0 aliphatic carbocycles. The molecule has 0 saturated heterocycles. The zero-order valence-corrected chi connectivity index (χ0v) is 12.0. The van der Waals surface area contributed by atoms with Crippen LogP contribution < -0.4 is 10.6 Å². The van der Waals surface area contributed by atoms with Gasteiger partial charge in [0.15, 0.2) is 0 Å². The molecular formula is C11H19BrN4O. The number of anilines is 2. The maximum absolute atomic E-state index is 9.37. The Morgan fingerprint density at radius 2 is 2.00 bits per heavy atom. The molecule has 6 heteroatoms. The first kappa shape index (κ1) is 14.2. The molecule has 0 radical (unpaired) electrons. The summed E-state index contributed by atoms with van der Waals surface area (Å²) in [4.78, 5) is 8.32. The lowest BCUT2D eigenvalue weighted by atomic mass is 10.0. The fourth-order valence-corrected chi connectivity index (χ4v) is 1.72. The number of nitrogens with zero attached hydrogens (tertiary/aromatic N) is 2. The fraction of sp³-hybridized carbons (Fsp3) is 0.636. The SMILES string of the molecule is CCNc1ncnc(NC(C)(CC)CO)c1Br. The molecule has 0 fully saturated rings. The minimum atomic E-state index is -0.375. The summed E-state index contributed by atoms with van der Waals surface area (Å²) in [6.07, 6.45) is 2.30. The number of rotatable bonds is 6. The smallest absolute Gasteiger partial charge is 0.146 e. The van der Waals surface area contributed by atoms with Gasteiger partial charge in [0.2, 0.25) is 0 Å². The first-order valence-corrected chi connectivity index (χ1v) is 6.49. The molecule has 0 aliphatic rings. The summed E-state index contributed by atoms with van der Waals surface area (Å²) in [7, 11) is 0. The Bertz CT molecular complexity index is 368. The summed E-state index contributed by atoms with van der Waals surface area (Å²) < 4.78 is 0.787. The van der Waals surface area contributed by atoms with E-state index < -0.39 is 0 Å². The standard InChI is InChI=1S/C11H19BrN4O/c1-4-11(3,6-17)16-10-8(12)9(13-5-2)14-7-15-10/h7,17H,4-6H2,1-3H3,(H2,13,14,15,16). The van der Waals surface area contributed by atoms with Crippen molar-refractivity contribution in [3.63, 3.8) is 0 Å². The van der Waals surface area contributed by atoms with Crippen molar-refractivity contribution in [1.82, 2.24) is 9.97 Å². The van der Waals surface area contributed by atoms with E-state index in [1.54, 1.807) is 0 Å². The molecule has 1 heterocycles. The van der Waals surface area contributed by atoms with Crippen molar-refractivity contribution in [2.45, 2.75) is 32.7 Å². The lowest BCUT2D eigenvalue weighted by molar-refractivity contribution is 0.218. The van der Waals surface area contributed by atoms with E-state index in [9.17, 15) is 5.11 Å². The van der Waals surface area contributed by atoms with Gasteiger partial charge in [-0.3, -0.25) is 0 Å². The van der Waals surface area contributed by atoms with Crippen molar-refractivity contribution in [3.8, 4) is 0 Å². The van der Waals surface area contributed by atoms with Gasteiger partial charge in [-0.05, 0) is 36.2 Å². The molecule has 1 rings (SSSR count). The summed E-state index contributed by atoms with van der Waals surface area (Å²) in [5.41, 5.74) is -0.375. The van der Waals surface area contributed by atoms with Gasteiger partial charge in [-0.1, -0.05) is 6.92 Å². The Hall–Kier alpha value is -0.880. The minimum Gasteiger partial charge on any atom is -0.394 e. The van der Waals surface area contributed by atoms with Crippen LogP contribution in [-0.4, -0.2) is 33.8 Å². The number of aromatic nitrogens is 2. The van der Waals surface area contributed by atoms with Gasteiger partial charge in [0.25, 0.3) is 0 Å². The Balaban J connectivity index is 2.95. The maximum Gasteiger partial charge on any atom is 0.146 e. The van der Waals surface area contributed by atoms with Gasteiger partial charge in [0.1, 0.15) is 22.4 Å². The average Bonchev–Trinajstić information content (AvgIpc) is 2.34. The van der Waals surface area contributed by atoms with Gasteiger partial charge in [0, 0.05) is 6.54 Å². The highest BCUT2D eigenvalue weighted by Crippen LogP contribution is 2.29. The van der Waals surface area contributed by atoms with Gasteiger partial charge in [0.05, 0.1) is 12.1 Å². The van der Waals surface area contributed by atoms with Crippen molar-refractivity contribution >= 4 is 27.6 Å². The molecule has 0 saturated carbocycles. The maximum atomic E-state index is 9.37. The molecule has 1 aromatic rings. The van der Waals surface area contributed by atoms with Crippen LogP contribution in [-0.2, 0) is 0 Å². The van der Waals surface area contributed by atoms with Crippen LogP contribution in [0, 0.1) is 0 Å². The lowest BCUT2D eigenvalue weighted by Gasteiger charge is -2.28. The van der Waals surface area contributed by atoms with E-state index in [2.05, 4.69) is 36.5 Å². The third-order valence-electron chi connectivity index (χ3n) is 2.68. The molecule has 1 aromatic heterocycles. The van der Waals surface area contributed by atoms with Crippen LogP contribution in [0.4, 0.5) is 11.6 Å². The van der Waals surface area contributed by atoms with Crippen molar-refractivity contribution in [2.24, 2.45) is 0 Å². The zero-order chi connectivity index (χ0) is 12.9. The van der Waals surface area contributed by atoms with Crippen molar-refractivity contribution < 1.29 is 5.11 Å². The molecule has 96 valence electrons. The molecule has 0 aliphatic heterocycles. The molecule has 1 unspecified atom stereocenters. The van der Waals surface area contributed by atoms with Gasteiger partial charge >= 0.3 is 0 Å². The van der Waals surface area contributed by atoms with Crippen LogP contribution in [0.2, 0.25) is 0 Å². The minimum absolute atomic E-state index is 0.0521. The lowest BCUT2D eigenvalue weighted by Crippen LogP contribution is -2.38. The van der Waals surface area contributed by atoms with E-state index in [0.29, 0.717) is 5.82 Å². The van der Waals surface area contributed by atoms with E-state index >= 15 is 0 Å². The van der Waals surface area contributed by atoms with E-state index in [1.807, 2.05) is 20.8 Å². The number of hydrogen-bond donors (Lipinski definition) is 3. The van der Waals surface area contributed by atoms with Crippen LogP contribution in [0.1, 0.15) is 27.2 Å². The summed E-state index contributed by atoms with van der Waals surface area (Å²) in [5, 5.41) is 15.7. The van der Waals surface area contributed by atoms with Gasteiger partial charge in [-0.25, -0.2) is 9.97 Å². The molecule has 17 heavy (non-hydrogen) atoms. The summed E-state index contributed by atoms with van der Waals surface area (Å²) in [5.74, 6) is 1.44. The molecule has 0 spiro atoms. The number of nitrogens with one attached hydrogen (secondary N) is 2. The third kappa shape index (κ3) is 3.54. The van der Waals surface area contributed by atoms with E-state index in [1.165, 1.54) is 6.33 Å². The molecule has 0 bridgehead atoms. The average molecular weight is 303 g/mol. The van der Waals surface area contributed by atoms with Gasteiger partial charge in [-0.2, -0.15) is 0 Å². The second kappa shape index (κ2) is 6.16. The number of aliphatic hydroxyl groups excluding tert-OH is 1. The predicted octanol–water partition coefficient (Wildman–Crippen LogP) is 2.24. The number of hydrogen-bond acceptors (Lipinski definition) is 5. The van der Waals surface area contributed by atoms with E-state index in [0.717, 1.165) is 23.3 Å². The van der Waals surface area contributed by atoms with E-state index in [4.69, 9.17) is 0 Å². The van der Waals surface area contributed by atoms with Gasteiger partial charge in [-0.15, -0.1) is 0 Å². The van der Waals surface area contributed by atoms with Crippen molar-refractivity contribution in [2.75, 3.05) is 23.8 Å². The molecule has 1 atom stereocenters. The highest BCUT2D eigenvalue weighted by Gasteiger charge is 2.22. The predicted molar refractivity (Wildman–Crippen MR) is 73.3 cm³/mol. The first-order chi connectivity index (χ1) is 8.06. The summed E-state index contributed by atoms with van der Waals surface area (Å²) in [6.45, 7) is 6.82. The zero-order valence-electron chi connectivity index (χ0n) is 10.4. The van der Waals surface area contributed by atoms with Crippen LogP contribution in [0.15, 0.2) is 10.8 Å². The van der Waals surface area contributed by atoms with Crippen LogP contribution in [0.25, 0.3) is 0 Å². The van der Waals surface area contributed by atoms with Gasteiger partial charge < -0.3 is 15.7 Å². The Morgan fingerprint density at radius 1 is 1.35 bits per heavy atom. The topological polar surface area (TPSA) is 70.1 Å². The number of aliphatic hydroxyl groups is 1. The van der Waals surface area contributed by atoms with Crippen LogP contribution >= 0.6 is 15.9 Å². The molecule has 0 aromatic carbocycles. The first-order valence-electron chi connectivity index (χ1n) is 5.69. The fourth-order valence-electron chi connectivity index (χ4n) is 1.27. The normalized spacial score (nSPS) is 14.2. The molecule has 3 N–H and O–H groups in total. The molecular weight excluding hydrogens is 284 g/mol. The highest BCUT2D eigenvalue weighted by molar-refractivity contribution is 9.10. The Labute approximate surface area is 110 Å². The largest absolute Gasteiger partial charge is 0.394 e.